The quantitative estimate of drug-likeness (QED) is 0.394. The predicted octanol–water partition coefficient (Wildman–Crippen LogP) is 3.02. The maximum atomic E-state index is 9.87. The van der Waals surface area contributed by atoms with Gasteiger partial charge in [0.05, 0.1) is 6.26 Å². The standard InChI is InChI=1S/C9H16O3/c1-8(2)6-4-3-5-7-12-9(10)11/h5,7-8H,3-4,6H2,1-2H3,(H,10,11). The fourth-order valence-electron chi connectivity index (χ4n) is 0.818. The van der Waals surface area contributed by atoms with E-state index in [0.29, 0.717) is 5.92 Å². The van der Waals surface area contributed by atoms with Crippen LogP contribution in [0.3, 0.4) is 0 Å². The van der Waals surface area contributed by atoms with E-state index in [0.717, 1.165) is 19.3 Å². The molecule has 0 aliphatic carbocycles. The van der Waals surface area contributed by atoms with Gasteiger partial charge in [-0.1, -0.05) is 20.3 Å². The number of unbranched alkanes of at least 4 members (excludes halogenated alkanes) is 1. The molecule has 0 amide bonds. The van der Waals surface area contributed by atoms with Gasteiger partial charge in [-0.15, -0.1) is 0 Å². The summed E-state index contributed by atoms with van der Waals surface area (Å²) >= 11 is 0. The third kappa shape index (κ3) is 9.01. The summed E-state index contributed by atoms with van der Waals surface area (Å²) in [4.78, 5) is 9.87. The first-order valence-electron chi connectivity index (χ1n) is 4.17. The maximum absolute atomic E-state index is 9.87. The molecule has 0 heterocycles. The van der Waals surface area contributed by atoms with E-state index in [9.17, 15) is 4.79 Å². The molecule has 0 rings (SSSR count). The van der Waals surface area contributed by atoms with Gasteiger partial charge in [0.25, 0.3) is 0 Å². The molecule has 0 aromatic carbocycles. The first-order valence-corrected chi connectivity index (χ1v) is 4.17. The van der Waals surface area contributed by atoms with Gasteiger partial charge >= 0.3 is 6.16 Å². The van der Waals surface area contributed by atoms with E-state index in [-0.39, 0.29) is 0 Å². The van der Waals surface area contributed by atoms with Crippen molar-refractivity contribution in [3.05, 3.63) is 12.3 Å². The summed E-state index contributed by atoms with van der Waals surface area (Å²) in [6.45, 7) is 4.33. The van der Waals surface area contributed by atoms with E-state index in [1.165, 1.54) is 6.26 Å². The minimum absolute atomic E-state index is 0.707. The Morgan fingerprint density at radius 1 is 1.58 bits per heavy atom. The maximum Gasteiger partial charge on any atom is 0.510 e. The van der Waals surface area contributed by atoms with Crippen LogP contribution in [0.1, 0.15) is 33.1 Å². The van der Waals surface area contributed by atoms with Crippen molar-refractivity contribution in [2.45, 2.75) is 33.1 Å². The van der Waals surface area contributed by atoms with Crippen molar-refractivity contribution in [3.8, 4) is 0 Å². The monoisotopic (exact) mass is 172 g/mol. The number of hydrogen-bond acceptors (Lipinski definition) is 2. The van der Waals surface area contributed by atoms with Crippen molar-refractivity contribution in [2.24, 2.45) is 5.92 Å². The Balaban J connectivity index is 3.19. The average Bonchev–Trinajstić information content (AvgIpc) is 1.95. The number of carboxylic acid groups (broad SMARTS) is 1. The Labute approximate surface area is 73.0 Å². The molecule has 3 heteroatoms. The van der Waals surface area contributed by atoms with Gasteiger partial charge in [-0.3, -0.25) is 0 Å². The molecule has 70 valence electrons. The normalized spacial score (nSPS) is 10.9. The Morgan fingerprint density at radius 2 is 2.25 bits per heavy atom. The molecule has 0 spiro atoms. The number of carbonyl (C=O) groups is 1. The molecule has 0 bridgehead atoms. The zero-order chi connectivity index (χ0) is 9.40. The Morgan fingerprint density at radius 3 is 2.75 bits per heavy atom. The molecule has 0 atom stereocenters. The predicted molar refractivity (Wildman–Crippen MR) is 46.9 cm³/mol. The summed E-state index contributed by atoms with van der Waals surface area (Å²) in [6.07, 6.45) is 4.83. The second-order valence-corrected chi connectivity index (χ2v) is 3.08. The largest absolute Gasteiger partial charge is 0.510 e. The summed E-state index contributed by atoms with van der Waals surface area (Å²) in [5.74, 6) is 0.707. The van der Waals surface area contributed by atoms with Crippen LogP contribution < -0.4 is 0 Å². The number of allylic oxidation sites excluding steroid dienone is 1. The first kappa shape index (κ1) is 11.0. The molecular weight excluding hydrogens is 156 g/mol. The Bertz CT molecular complexity index is 150. The molecule has 0 unspecified atom stereocenters. The topological polar surface area (TPSA) is 46.5 Å². The molecule has 1 N–H and O–H groups in total. The minimum Gasteiger partial charge on any atom is -0.449 e. The molecular formula is C9H16O3. The van der Waals surface area contributed by atoms with Gasteiger partial charge in [0.2, 0.25) is 0 Å². The first-order chi connectivity index (χ1) is 5.63. The molecule has 0 radical (unpaired) electrons. The second kappa shape index (κ2) is 6.70. The van der Waals surface area contributed by atoms with E-state index in [1.54, 1.807) is 6.08 Å². The number of rotatable bonds is 5. The van der Waals surface area contributed by atoms with Crippen molar-refractivity contribution in [1.29, 1.82) is 0 Å². The van der Waals surface area contributed by atoms with Gasteiger partial charge < -0.3 is 9.84 Å². The Hall–Kier alpha value is -0.990. The molecule has 0 saturated heterocycles. The summed E-state index contributed by atoms with van der Waals surface area (Å²) < 4.78 is 4.18. The van der Waals surface area contributed by atoms with E-state index in [1.807, 2.05) is 0 Å². The van der Waals surface area contributed by atoms with Crippen LogP contribution in [0.4, 0.5) is 4.79 Å². The van der Waals surface area contributed by atoms with Gasteiger partial charge in [0.1, 0.15) is 0 Å². The third-order valence-corrected chi connectivity index (χ3v) is 1.42. The molecule has 0 saturated carbocycles. The average molecular weight is 172 g/mol. The van der Waals surface area contributed by atoms with Crippen LogP contribution in [0.5, 0.6) is 0 Å². The van der Waals surface area contributed by atoms with Crippen LogP contribution in [-0.2, 0) is 4.74 Å². The number of hydrogen-bond donors (Lipinski definition) is 1. The van der Waals surface area contributed by atoms with Crippen LogP contribution >= 0.6 is 0 Å². The zero-order valence-electron chi connectivity index (χ0n) is 7.62. The van der Waals surface area contributed by atoms with Crippen LogP contribution in [0.25, 0.3) is 0 Å². The number of ether oxygens (including phenoxy) is 1. The van der Waals surface area contributed by atoms with Crippen LogP contribution in [-0.4, -0.2) is 11.3 Å². The highest BCUT2D eigenvalue weighted by atomic mass is 16.7. The lowest BCUT2D eigenvalue weighted by Crippen LogP contribution is -1.91. The van der Waals surface area contributed by atoms with Crippen molar-refractivity contribution in [2.75, 3.05) is 0 Å². The van der Waals surface area contributed by atoms with Gasteiger partial charge in [0, 0.05) is 0 Å². The molecule has 0 aromatic rings. The van der Waals surface area contributed by atoms with Gasteiger partial charge in [0.15, 0.2) is 0 Å². The molecule has 12 heavy (non-hydrogen) atoms. The van der Waals surface area contributed by atoms with Crippen molar-refractivity contribution in [1.82, 2.24) is 0 Å². The smallest absolute Gasteiger partial charge is 0.449 e. The minimum atomic E-state index is -1.25. The highest BCUT2D eigenvalue weighted by Crippen LogP contribution is 2.06. The highest BCUT2D eigenvalue weighted by Gasteiger charge is 1.92. The van der Waals surface area contributed by atoms with Gasteiger partial charge in [-0.25, -0.2) is 4.79 Å². The van der Waals surface area contributed by atoms with E-state index in [4.69, 9.17) is 5.11 Å². The van der Waals surface area contributed by atoms with E-state index in [2.05, 4.69) is 18.6 Å². The van der Waals surface area contributed by atoms with Crippen LogP contribution in [0.2, 0.25) is 0 Å². The zero-order valence-corrected chi connectivity index (χ0v) is 7.62. The van der Waals surface area contributed by atoms with Crippen molar-refractivity contribution in [3.63, 3.8) is 0 Å². The fraction of sp³-hybridized carbons (Fsp3) is 0.667. The summed E-state index contributed by atoms with van der Waals surface area (Å²) in [5, 5.41) is 8.08. The van der Waals surface area contributed by atoms with Crippen LogP contribution in [0.15, 0.2) is 12.3 Å². The van der Waals surface area contributed by atoms with Gasteiger partial charge in [-0.2, -0.15) is 0 Å². The lowest BCUT2D eigenvalue weighted by molar-refractivity contribution is 0.128. The molecule has 3 nitrogen and oxygen atoms in total. The fourth-order valence-corrected chi connectivity index (χ4v) is 0.818. The van der Waals surface area contributed by atoms with Crippen molar-refractivity contribution >= 4 is 6.16 Å². The summed E-state index contributed by atoms with van der Waals surface area (Å²) in [5.41, 5.74) is 0. The molecule has 0 aromatic heterocycles. The van der Waals surface area contributed by atoms with E-state index < -0.39 is 6.16 Å². The molecule has 0 aliphatic rings. The second-order valence-electron chi connectivity index (χ2n) is 3.08. The lowest BCUT2D eigenvalue weighted by atomic mass is 10.1. The van der Waals surface area contributed by atoms with E-state index >= 15 is 0 Å². The molecule has 0 aliphatic heterocycles. The van der Waals surface area contributed by atoms with Crippen molar-refractivity contribution < 1.29 is 14.6 Å². The Kier molecular flexibility index (Phi) is 6.15. The van der Waals surface area contributed by atoms with Crippen LogP contribution in [0, 0.1) is 5.92 Å². The third-order valence-electron chi connectivity index (χ3n) is 1.42. The summed E-state index contributed by atoms with van der Waals surface area (Å²) in [6, 6.07) is 0. The van der Waals surface area contributed by atoms with Gasteiger partial charge in [-0.05, 0) is 24.8 Å². The lowest BCUT2D eigenvalue weighted by Gasteiger charge is -2.00. The molecule has 0 fully saturated rings. The summed E-state index contributed by atoms with van der Waals surface area (Å²) in [7, 11) is 0. The SMILES string of the molecule is CC(C)CCCC=COC(=O)O. The highest BCUT2D eigenvalue weighted by molar-refractivity contribution is 5.57.